The molecule has 0 saturated carbocycles. The Labute approximate surface area is 214 Å². The van der Waals surface area contributed by atoms with Crippen LogP contribution in [0.25, 0.3) is 27.4 Å². The van der Waals surface area contributed by atoms with E-state index in [9.17, 15) is 14.0 Å². The van der Waals surface area contributed by atoms with E-state index in [1.54, 1.807) is 33.7 Å². The van der Waals surface area contributed by atoms with Crippen LogP contribution in [-0.2, 0) is 0 Å². The molecule has 1 aromatic heterocycles. The predicted octanol–water partition coefficient (Wildman–Crippen LogP) is 6.68. The summed E-state index contributed by atoms with van der Waals surface area (Å²) in [5, 5.41) is 5.21. The van der Waals surface area contributed by atoms with Crippen molar-refractivity contribution in [2.24, 2.45) is 0 Å². The Balaban J connectivity index is 1.65. The molecule has 0 fully saturated rings. The number of hydrogen-bond acceptors (Lipinski definition) is 3. The fraction of sp³-hybridized carbons (Fsp3) is 0.167. The van der Waals surface area contributed by atoms with Gasteiger partial charge in [0.25, 0.3) is 5.56 Å². The van der Waals surface area contributed by atoms with Crippen molar-refractivity contribution in [1.29, 1.82) is 0 Å². The number of fused-ring (bicyclic) bond motifs is 2. The normalized spacial score (nSPS) is 12.0. The van der Waals surface area contributed by atoms with Crippen LogP contribution in [0.3, 0.4) is 0 Å². The number of benzene rings is 4. The second-order valence-electron chi connectivity index (χ2n) is 8.94. The number of nitrogens with one attached hydrogen (secondary N) is 1. The molecule has 2 amide bonds. The van der Waals surface area contributed by atoms with Crippen molar-refractivity contribution in [3.63, 3.8) is 0 Å². The first-order valence-corrected chi connectivity index (χ1v) is 12.3. The van der Waals surface area contributed by atoms with Crippen molar-refractivity contribution < 1.29 is 9.18 Å². The molecular formula is C30H27FN4O2. The first-order chi connectivity index (χ1) is 18.0. The molecule has 1 unspecified atom stereocenters. The maximum Gasteiger partial charge on any atom is 0.322 e. The average molecular weight is 495 g/mol. The van der Waals surface area contributed by atoms with Gasteiger partial charge in [0.15, 0.2) is 0 Å². The summed E-state index contributed by atoms with van der Waals surface area (Å²) in [4.78, 5) is 33.7. The lowest BCUT2D eigenvalue weighted by molar-refractivity contribution is 0.189. The van der Waals surface area contributed by atoms with Crippen molar-refractivity contribution in [2.75, 3.05) is 11.9 Å². The maximum absolute atomic E-state index is 14.3. The van der Waals surface area contributed by atoms with Gasteiger partial charge in [-0.3, -0.25) is 9.36 Å². The van der Waals surface area contributed by atoms with E-state index >= 15 is 0 Å². The van der Waals surface area contributed by atoms with Crippen molar-refractivity contribution in [3.8, 4) is 5.69 Å². The summed E-state index contributed by atoms with van der Waals surface area (Å²) in [6, 6.07) is 25.9. The van der Waals surface area contributed by atoms with E-state index in [2.05, 4.69) is 5.32 Å². The number of aromatic nitrogens is 2. The Kier molecular flexibility index (Phi) is 6.68. The molecule has 186 valence electrons. The zero-order chi connectivity index (χ0) is 25.9. The van der Waals surface area contributed by atoms with Gasteiger partial charge in [-0.05, 0) is 60.5 Å². The highest BCUT2D eigenvalue weighted by Gasteiger charge is 2.27. The lowest BCUT2D eigenvalue weighted by Crippen LogP contribution is -2.40. The summed E-state index contributed by atoms with van der Waals surface area (Å²) in [6.07, 6.45) is 0.669. The molecule has 0 saturated heterocycles. The number of halogens is 1. The third-order valence-electron chi connectivity index (χ3n) is 6.47. The Morgan fingerprint density at radius 3 is 2.46 bits per heavy atom. The third kappa shape index (κ3) is 4.68. The summed E-state index contributed by atoms with van der Waals surface area (Å²) >= 11 is 0. The Morgan fingerprint density at radius 1 is 0.973 bits per heavy atom. The molecule has 5 aromatic rings. The average Bonchev–Trinajstić information content (AvgIpc) is 2.92. The van der Waals surface area contributed by atoms with E-state index in [1.807, 2.05) is 68.4 Å². The van der Waals surface area contributed by atoms with Crippen LogP contribution in [0.2, 0.25) is 0 Å². The van der Waals surface area contributed by atoms with Crippen LogP contribution < -0.4 is 10.9 Å². The zero-order valence-corrected chi connectivity index (χ0v) is 20.7. The summed E-state index contributed by atoms with van der Waals surface area (Å²) in [5.41, 5.74) is 1.10. The fourth-order valence-corrected chi connectivity index (χ4v) is 4.60. The van der Waals surface area contributed by atoms with Gasteiger partial charge in [0.2, 0.25) is 0 Å². The number of rotatable bonds is 6. The van der Waals surface area contributed by atoms with Gasteiger partial charge in [0.1, 0.15) is 11.6 Å². The number of anilines is 1. The quantitative estimate of drug-likeness (QED) is 0.286. The van der Waals surface area contributed by atoms with E-state index in [0.29, 0.717) is 35.4 Å². The minimum Gasteiger partial charge on any atom is -0.315 e. The van der Waals surface area contributed by atoms with Crippen molar-refractivity contribution in [1.82, 2.24) is 14.5 Å². The first kappa shape index (κ1) is 24.2. The lowest BCUT2D eigenvalue weighted by Gasteiger charge is -2.30. The molecule has 0 aliphatic carbocycles. The molecule has 1 heterocycles. The summed E-state index contributed by atoms with van der Waals surface area (Å²) in [5.74, 6) is -0.0898. The monoisotopic (exact) mass is 494 g/mol. The lowest BCUT2D eigenvalue weighted by atomic mass is 10.1. The van der Waals surface area contributed by atoms with Gasteiger partial charge in [-0.25, -0.2) is 14.2 Å². The summed E-state index contributed by atoms with van der Waals surface area (Å²) < 4.78 is 15.9. The van der Waals surface area contributed by atoms with Gasteiger partial charge >= 0.3 is 6.03 Å². The molecule has 7 heteroatoms. The standard InChI is InChI=1S/C30H27FN4O2/c1-3-18-34(30(37)33-27-15-9-7-13-25(27)31)20(2)28-32-26-14-8-6-12-24(26)29(36)35(28)23-17-16-21-10-4-5-11-22(21)19-23/h4-17,19-20H,3,18H2,1-2H3,(H,33,37). The van der Waals surface area contributed by atoms with E-state index in [1.165, 1.54) is 12.1 Å². The fourth-order valence-electron chi connectivity index (χ4n) is 4.60. The summed E-state index contributed by atoms with van der Waals surface area (Å²) in [6.45, 7) is 4.19. The highest BCUT2D eigenvalue weighted by Crippen LogP contribution is 2.26. The predicted molar refractivity (Wildman–Crippen MR) is 146 cm³/mol. The van der Waals surface area contributed by atoms with Gasteiger partial charge in [0, 0.05) is 6.54 Å². The van der Waals surface area contributed by atoms with Crippen molar-refractivity contribution >= 4 is 33.4 Å². The van der Waals surface area contributed by atoms with Crippen molar-refractivity contribution in [2.45, 2.75) is 26.3 Å². The zero-order valence-electron chi connectivity index (χ0n) is 20.7. The molecule has 0 bridgehead atoms. The molecule has 4 aromatic carbocycles. The topological polar surface area (TPSA) is 67.2 Å². The Morgan fingerprint density at radius 2 is 1.68 bits per heavy atom. The van der Waals surface area contributed by atoms with Crippen LogP contribution >= 0.6 is 0 Å². The van der Waals surface area contributed by atoms with Gasteiger partial charge in [-0.1, -0.05) is 61.5 Å². The number of para-hydroxylation sites is 2. The SMILES string of the molecule is CCCN(C(=O)Nc1ccccc1F)C(C)c1nc2ccccc2c(=O)n1-c1ccc2ccccc2c1. The number of nitrogens with zero attached hydrogens (tertiary/aromatic N) is 3. The first-order valence-electron chi connectivity index (χ1n) is 12.3. The van der Waals surface area contributed by atoms with Crippen LogP contribution in [0.15, 0.2) is 95.8 Å². The van der Waals surface area contributed by atoms with Crippen LogP contribution in [0.5, 0.6) is 0 Å². The van der Waals surface area contributed by atoms with Gasteiger partial charge in [-0.2, -0.15) is 0 Å². The maximum atomic E-state index is 14.3. The molecule has 1 N–H and O–H groups in total. The highest BCUT2D eigenvalue weighted by molar-refractivity contribution is 5.90. The van der Waals surface area contributed by atoms with E-state index in [4.69, 9.17) is 4.98 Å². The molecular weight excluding hydrogens is 467 g/mol. The number of carbonyl (C=O) groups excluding carboxylic acids is 1. The molecule has 5 rings (SSSR count). The second kappa shape index (κ2) is 10.2. The minimum absolute atomic E-state index is 0.0965. The Bertz CT molecular complexity index is 1660. The minimum atomic E-state index is -0.588. The van der Waals surface area contributed by atoms with Crippen LogP contribution in [0, 0.1) is 5.82 Å². The summed E-state index contributed by atoms with van der Waals surface area (Å²) in [7, 11) is 0. The number of urea groups is 1. The largest absolute Gasteiger partial charge is 0.322 e. The van der Waals surface area contributed by atoms with Gasteiger partial charge < -0.3 is 10.2 Å². The highest BCUT2D eigenvalue weighted by atomic mass is 19.1. The van der Waals surface area contributed by atoms with Gasteiger partial charge in [0.05, 0.1) is 28.3 Å². The molecule has 0 spiro atoms. The third-order valence-corrected chi connectivity index (χ3v) is 6.47. The van der Waals surface area contributed by atoms with Crippen LogP contribution in [0.1, 0.15) is 32.1 Å². The van der Waals surface area contributed by atoms with Crippen LogP contribution in [-0.4, -0.2) is 27.0 Å². The molecule has 37 heavy (non-hydrogen) atoms. The smallest absolute Gasteiger partial charge is 0.315 e. The van der Waals surface area contributed by atoms with Gasteiger partial charge in [-0.15, -0.1) is 0 Å². The molecule has 0 radical (unpaired) electrons. The molecule has 1 atom stereocenters. The van der Waals surface area contributed by atoms with E-state index in [0.717, 1.165) is 10.8 Å². The van der Waals surface area contributed by atoms with Crippen LogP contribution in [0.4, 0.5) is 14.9 Å². The second-order valence-corrected chi connectivity index (χ2v) is 8.94. The number of hydrogen-bond donors (Lipinski definition) is 1. The number of amides is 2. The Hall–Kier alpha value is -4.52. The van der Waals surface area contributed by atoms with Crippen molar-refractivity contribution in [3.05, 3.63) is 113 Å². The van der Waals surface area contributed by atoms with E-state index in [-0.39, 0.29) is 11.2 Å². The molecule has 0 aliphatic rings. The molecule has 6 nitrogen and oxygen atoms in total. The number of carbonyl (C=O) groups is 1. The van der Waals surface area contributed by atoms with E-state index < -0.39 is 17.9 Å². The molecule has 0 aliphatic heterocycles.